The average Bonchev–Trinajstić information content (AvgIpc) is 2.42. The van der Waals surface area contributed by atoms with Crippen LogP contribution in [0.5, 0.6) is 0 Å². The van der Waals surface area contributed by atoms with Gasteiger partial charge < -0.3 is 14.9 Å². The number of nitrogens with zero attached hydrogens (tertiary/aromatic N) is 2. The van der Waals surface area contributed by atoms with Crippen LogP contribution in [0.2, 0.25) is 0 Å². The standard InChI is InChI=1S/C13H21N3O5/c1-4-8(3)15(7-11(18)19)13(21)16-6-10(17)14-12(20)9(16)5-2/h8-9H,4-7H2,1-3H3,(H,18,19)(H,14,17,20). The number of nitrogens with one attached hydrogen (secondary N) is 1. The summed E-state index contributed by atoms with van der Waals surface area (Å²) < 4.78 is 0. The highest BCUT2D eigenvalue weighted by Gasteiger charge is 2.38. The molecule has 0 aromatic rings. The Morgan fingerprint density at radius 2 is 2.05 bits per heavy atom. The minimum absolute atomic E-state index is 0.240. The Morgan fingerprint density at radius 1 is 1.43 bits per heavy atom. The predicted octanol–water partition coefficient (Wildman–Crippen LogP) is 0.0285. The molecule has 0 spiro atoms. The smallest absolute Gasteiger partial charge is 0.323 e. The summed E-state index contributed by atoms with van der Waals surface area (Å²) in [6.07, 6.45) is 0.927. The summed E-state index contributed by atoms with van der Waals surface area (Å²) in [5, 5.41) is 11.1. The first-order valence-electron chi connectivity index (χ1n) is 6.94. The number of carbonyl (C=O) groups is 4. The summed E-state index contributed by atoms with van der Waals surface area (Å²) in [6, 6.07) is -1.65. The molecular weight excluding hydrogens is 278 g/mol. The van der Waals surface area contributed by atoms with Crippen molar-refractivity contribution in [1.82, 2.24) is 15.1 Å². The number of amides is 4. The average molecular weight is 299 g/mol. The Balaban J connectivity index is 3.01. The van der Waals surface area contributed by atoms with Crippen molar-refractivity contribution >= 4 is 23.8 Å². The van der Waals surface area contributed by atoms with E-state index in [1.54, 1.807) is 13.8 Å². The highest BCUT2D eigenvalue weighted by Crippen LogP contribution is 2.15. The fraction of sp³-hybridized carbons (Fsp3) is 0.692. The van der Waals surface area contributed by atoms with Gasteiger partial charge in [-0.3, -0.25) is 19.7 Å². The van der Waals surface area contributed by atoms with Crippen molar-refractivity contribution in [2.24, 2.45) is 0 Å². The van der Waals surface area contributed by atoms with Crippen molar-refractivity contribution in [3.63, 3.8) is 0 Å². The number of hydrogen-bond acceptors (Lipinski definition) is 4. The lowest BCUT2D eigenvalue weighted by atomic mass is 10.1. The third kappa shape index (κ3) is 3.93. The van der Waals surface area contributed by atoms with Crippen LogP contribution in [0.15, 0.2) is 0 Å². The highest BCUT2D eigenvalue weighted by atomic mass is 16.4. The van der Waals surface area contributed by atoms with Crippen molar-refractivity contribution in [1.29, 1.82) is 0 Å². The molecule has 1 saturated heterocycles. The number of carbonyl (C=O) groups excluding carboxylic acids is 3. The molecule has 2 N–H and O–H groups in total. The van der Waals surface area contributed by atoms with E-state index < -0.39 is 36.4 Å². The summed E-state index contributed by atoms with van der Waals surface area (Å²) >= 11 is 0. The molecule has 1 fully saturated rings. The molecule has 4 amide bonds. The Hall–Kier alpha value is -2.12. The van der Waals surface area contributed by atoms with Crippen molar-refractivity contribution < 1.29 is 24.3 Å². The van der Waals surface area contributed by atoms with Gasteiger partial charge in [0.1, 0.15) is 19.1 Å². The molecule has 0 bridgehead atoms. The van der Waals surface area contributed by atoms with Crippen LogP contribution < -0.4 is 5.32 Å². The number of urea groups is 1. The third-order valence-corrected chi connectivity index (χ3v) is 3.56. The molecule has 118 valence electrons. The molecular formula is C13H21N3O5. The Bertz CT molecular complexity index is 451. The second-order valence-electron chi connectivity index (χ2n) is 5.03. The van der Waals surface area contributed by atoms with Crippen LogP contribution in [0.1, 0.15) is 33.6 Å². The summed E-state index contributed by atoms with van der Waals surface area (Å²) in [5.74, 6) is -2.22. The van der Waals surface area contributed by atoms with E-state index >= 15 is 0 Å². The normalized spacial score (nSPS) is 20.0. The van der Waals surface area contributed by atoms with Gasteiger partial charge in [-0.15, -0.1) is 0 Å². The van der Waals surface area contributed by atoms with Crippen LogP contribution in [-0.4, -0.2) is 63.9 Å². The number of carboxylic acids is 1. The van der Waals surface area contributed by atoms with Crippen molar-refractivity contribution in [2.45, 2.75) is 45.7 Å². The van der Waals surface area contributed by atoms with Crippen molar-refractivity contribution in [3.8, 4) is 0 Å². The van der Waals surface area contributed by atoms with Gasteiger partial charge in [0.25, 0.3) is 0 Å². The van der Waals surface area contributed by atoms with E-state index in [1.165, 1.54) is 4.90 Å². The van der Waals surface area contributed by atoms with E-state index in [9.17, 15) is 19.2 Å². The fourth-order valence-corrected chi connectivity index (χ4v) is 2.22. The summed E-state index contributed by atoms with van der Waals surface area (Å²) in [5.41, 5.74) is 0. The van der Waals surface area contributed by atoms with Gasteiger partial charge in [-0.2, -0.15) is 0 Å². The molecule has 21 heavy (non-hydrogen) atoms. The molecule has 0 saturated carbocycles. The second-order valence-corrected chi connectivity index (χ2v) is 5.03. The van der Waals surface area contributed by atoms with Crippen molar-refractivity contribution in [2.75, 3.05) is 13.1 Å². The van der Waals surface area contributed by atoms with Crippen LogP contribution >= 0.6 is 0 Å². The molecule has 1 aliphatic heterocycles. The van der Waals surface area contributed by atoms with Gasteiger partial charge >= 0.3 is 12.0 Å². The molecule has 1 heterocycles. The Labute approximate surface area is 123 Å². The SMILES string of the molecule is CCC(C)N(CC(=O)O)C(=O)N1CC(=O)NC(=O)C1CC. The lowest BCUT2D eigenvalue weighted by molar-refractivity contribution is -0.139. The van der Waals surface area contributed by atoms with Gasteiger partial charge in [0.15, 0.2) is 0 Å². The zero-order valence-corrected chi connectivity index (χ0v) is 12.5. The van der Waals surface area contributed by atoms with Crippen LogP contribution in [0.3, 0.4) is 0 Å². The lowest BCUT2D eigenvalue weighted by Crippen LogP contribution is -2.63. The van der Waals surface area contributed by atoms with E-state index in [4.69, 9.17) is 5.11 Å². The van der Waals surface area contributed by atoms with E-state index in [-0.39, 0.29) is 12.6 Å². The molecule has 8 heteroatoms. The first-order valence-corrected chi connectivity index (χ1v) is 6.94. The molecule has 0 radical (unpaired) electrons. The highest BCUT2D eigenvalue weighted by molar-refractivity contribution is 6.04. The van der Waals surface area contributed by atoms with Gasteiger partial charge in [-0.1, -0.05) is 13.8 Å². The first-order chi connectivity index (χ1) is 9.81. The monoisotopic (exact) mass is 299 g/mol. The first kappa shape index (κ1) is 16.9. The Kier molecular flexibility index (Phi) is 5.69. The van der Waals surface area contributed by atoms with Crippen LogP contribution in [0, 0.1) is 0 Å². The van der Waals surface area contributed by atoms with Gasteiger partial charge in [-0.05, 0) is 19.8 Å². The van der Waals surface area contributed by atoms with Gasteiger partial charge in [0.05, 0.1) is 0 Å². The van der Waals surface area contributed by atoms with Crippen LogP contribution in [0.4, 0.5) is 4.79 Å². The number of hydrogen-bond donors (Lipinski definition) is 2. The lowest BCUT2D eigenvalue weighted by Gasteiger charge is -2.38. The van der Waals surface area contributed by atoms with Crippen LogP contribution in [-0.2, 0) is 14.4 Å². The van der Waals surface area contributed by atoms with Crippen molar-refractivity contribution in [3.05, 3.63) is 0 Å². The number of rotatable bonds is 5. The predicted molar refractivity (Wildman–Crippen MR) is 73.4 cm³/mol. The molecule has 1 aliphatic rings. The summed E-state index contributed by atoms with van der Waals surface area (Å²) in [6.45, 7) is 4.59. The topological polar surface area (TPSA) is 107 Å². The third-order valence-electron chi connectivity index (χ3n) is 3.56. The maximum absolute atomic E-state index is 12.6. The molecule has 0 aromatic carbocycles. The molecule has 2 unspecified atom stereocenters. The van der Waals surface area contributed by atoms with Gasteiger partial charge in [0, 0.05) is 6.04 Å². The van der Waals surface area contributed by atoms with Crippen LogP contribution in [0.25, 0.3) is 0 Å². The number of imide groups is 1. The number of carboxylic acid groups (broad SMARTS) is 1. The van der Waals surface area contributed by atoms with E-state index in [0.717, 1.165) is 4.90 Å². The summed E-state index contributed by atoms with van der Waals surface area (Å²) in [7, 11) is 0. The molecule has 1 rings (SSSR count). The molecule has 2 atom stereocenters. The Morgan fingerprint density at radius 3 is 2.52 bits per heavy atom. The largest absolute Gasteiger partial charge is 0.480 e. The van der Waals surface area contributed by atoms with E-state index in [1.807, 2.05) is 6.92 Å². The fourth-order valence-electron chi connectivity index (χ4n) is 2.22. The van der Waals surface area contributed by atoms with E-state index in [2.05, 4.69) is 5.32 Å². The zero-order valence-electron chi connectivity index (χ0n) is 12.5. The zero-order chi connectivity index (χ0) is 16.2. The van der Waals surface area contributed by atoms with E-state index in [0.29, 0.717) is 12.8 Å². The van der Waals surface area contributed by atoms with Gasteiger partial charge in [0.2, 0.25) is 11.8 Å². The molecule has 0 aromatic heterocycles. The quantitative estimate of drug-likeness (QED) is 0.696. The minimum Gasteiger partial charge on any atom is -0.480 e. The number of piperazine rings is 1. The number of aliphatic carboxylic acids is 1. The second kappa shape index (κ2) is 7.05. The molecule has 8 nitrogen and oxygen atoms in total. The molecule has 0 aliphatic carbocycles. The van der Waals surface area contributed by atoms with Gasteiger partial charge in [-0.25, -0.2) is 4.79 Å². The minimum atomic E-state index is -1.13. The maximum Gasteiger partial charge on any atom is 0.323 e. The summed E-state index contributed by atoms with van der Waals surface area (Å²) in [4.78, 5) is 49.1. The maximum atomic E-state index is 12.6.